The molecule has 0 spiro atoms. The van der Waals surface area contributed by atoms with Crippen molar-refractivity contribution >= 4 is 38.1 Å². The average Bonchev–Trinajstić information content (AvgIpc) is 2.93. The molecule has 1 heterocycles. The van der Waals surface area contributed by atoms with E-state index >= 15 is 0 Å². The molecule has 2 rings (SSSR count). The molecule has 0 aliphatic carbocycles. The maximum Gasteiger partial charge on any atom is 0.471 e. The fraction of sp³-hybridized carbons (Fsp3) is 0.250. The summed E-state index contributed by atoms with van der Waals surface area (Å²) in [5.41, 5.74) is -0.180. The van der Waals surface area contributed by atoms with E-state index in [0.29, 0.717) is 11.4 Å². The van der Waals surface area contributed by atoms with Gasteiger partial charge in [-0.2, -0.15) is 13.2 Å². The first-order chi connectivity index (χ1) is 11.1. The number of aryl methyl sites for hydroxylation is 1. The predicted octanol–water partition coefficient (Wildman–Crippen LogP) is 2.40. The SMILES string of the molecule is CCc1nnc(NS(=O)(=O)c2ccc(NC(=O)C(F)(F)F)cc2)s1. The minimum absolute atomic E-state index is 0.0845. The summed E-state index contributed by atoms with van der Waals surface area (Å²) >= 11 is 1.07. The maximum absolute atomic E-state index is 12.2. The second kappa shape index (κ2) is 6.73. The van der Waals surface area contributed by atoms with Gasteiger partial charge in [0.05, 0.1) is 4.90 Å². The Bertz CT molecular complexity index is 832. The van der Waals surface area contributed by atoms with Gasteiger partial charge in [-0.1, -0.05) is 18.3 Å². The zero-order valence-corrected chi connectivity index (χ0v) is 13.7. The molecule has 1 aromatic heterocycles. The lowest BCUT2D eigenvalue weighted by molar-refractivity contribution is -0.167. The van der Waals surface area contributed by atoms with Crippen LogP contribution >= 0.6 is 11.3 Å². The molecular weight excluding hydrogens is 369 g/mol. The van der Waals surface area contributed by atoms with Crippen molar-refractivity contribution in [1.29, 1.82) is 0 Å². The summed E-state index contributed by atoms with van der Waals surface area (Å²) in [6, 6.07) is 4.23. The van der Waals surface area contributed by atoms with E-state index in [1.165, 1.54) is 0 Å². The molecule has 24 heavy (non-hydrogen) atoms. The lowest BCUT2D eigenvalue weighted by Gasteiger charge is -2.09. The summed E-state index contributed by atoms with van der Waals surface area (Å²) in [7, 11) is -3.96. The minimum atomic E-state index is -5.03. The second-order valence-corrected chi connectivity index (χ2v) is 7.18. The van der Waals surface area contributed by atoms with Crippen LogP contribution in [0.5, 0.6) is 0 Å². The number of carbonyl (C=O) groups excluding carboxylic acids is 1. The van der Waals surface area contributed by atoms with Gasteiger partial charge in [-0.15, -0.1) is 10.2 Å². The van der Waals surface area contributed by atoms with Crippen LogP contribution in [0.2, 0.25) is 0 Å². The Hall–Kier alpha value is -2.21. The van der Waals surface area contributed by atoms with E-state index in [-0.39, 0.29) is 15.7 Å². The molecule has 0 unspecified atom stereocenters. The first kappa shape index (κ1) is 18.1. The molecule has 7 nitrogen and oxygen atoms in total. The quantitative estimate of drug-likeness (QED) is 0.830. The Kier molecular flexibility index (Phi) is 5.08. The number of aromatic nitrogens is 2. The molecule has 12 heteroatoms. The molecule has 0 saturated carbocycles. The van der Waals surface area contributed by atoms with Crippen LogP contribution in [-0.2, 0) is 21.2 Å². The molecule has 1 aromatic carbocycles. The fourth-order valence-electron chi connectivity index (χ4n) is 1.53. The van der Waals surface area contributed by atoms with E-state index in [1.807, 2.05) is 6.92 Å². The van der Waals surface area contributed by atoms with Crippen molar-refractivity contribution in [3.63, 3.8) is 0 Å². The zero-order chi connectivity index (χ0) is 18.0. The van der Waals surface area contributed by atoms with Crippen LogP contribution < -0.4 is 10.0 Å². The number of benzene rings is 1. The first-order valence-electron chi connectivity index (χ1n) is 6.45. The van der Waals surface area contributed by atoms with Crippen molar-refractivity contribution < 1.29 is 26.4 Å². The van der Waals surface area contributed by atoms with Crippen LogP contribution in [0.15, 0.2) is 29.2 Å². The molecule has 2 N–H and O–H groups in total. The highest BCUT2D eigenvalue weighted by atomic mass is 32.2. The second-order valence-electron chi connectivity index (χ2n) is 4.44. The average molecular weight is 380 g/mol. The van der Waals surface area contributed by atoms with Crippen LogP contribution in [0.3, 0.4) is 0 Å². The highest BCUT2D eigenvalue weighted by Crippen LogP contribution is 2.22. The van der Waals surface area contributed by atoms with Crippen LogP contribution in [0.1, 0.15) is 11.9 Å². The van der Waals surface area contributed by atoms with Crippen LogP contribution in [-0.4, -0.2) is 30.7 Å². The summed E-state index contributed by atoms with van der Waals surface area (Å²) < 4.78 is 63.0. The highest BCUT2D eigenvalue weighted by molar-refractivity contribution is 7.93. The van der Waals surface area contributed by atoms with E-state index < -0.39 is 22.1 Å². The van der Waals surface area contributed by atoms with Gasteiger partial charge in [-0.3, -0.25) is 9.52 Å². The Morgan fingerprint density at radius 1 is 1.21 bits per heavy atom. The van der Waals surface area contributed by atoms with E-state index in [0.717, 1.165) is 35.6 Å². The smallest absolute Gasteiger partial charge is 0.318 e. The molecule has 130 valence electrons. The number of hydrogen-bond acceptors (Lipinski definition) is 6. The van der Waals surface area contributed by atoms with E-state index in [9.17, 15) is 26.4 Å². The van der Waals surface area contributed by atoms with Gasteiger partial charge in [0.2, 0.25) is 5.13 Å². The number of alkyl halides is 3. The highest BCUT2D eigenvalue weighted by Gasteiger charge is 2.38. The Balaban J connectivity index is 2.12. The van der Waals surface area contributed by atoms with E-state index in [2.05, 4.69) is 14.9 Å². The van der Waals surface area contributed by atoms with Gasteiger partial charge in [0.25, 0.3) is 10.0 Å². The molecule has 2 aromatic rings. The fourth-order valence-corrected chi connectivity index (χ4v) is 3.44. The van der Waals surface area contributed by atoms with Crippen molar-refractivity contribution in [2.45, 2.75) is 24.4 Å². The molecule has 0 radical (unpaired) electrons. The predicted molar refractivity (Wildman–Crippen MR) is 81.2 cm³/mol. The summed E-state index contributed by atoms with van der Waals surface area (Å²) in [6.07, 6.45) is -4.42. The van der Waals surface area contributed by atoms with E-state index in [1.54, 1.807) is 5.32 Å². The largest absolute Gasteiger partial charge is 0.471 e. The summed E-state index contributed by atoms with van der Waals surface area (Å²) in [5, 5.41) is 9.80. The number of nitrogens with one attached hydrogen (secondary N) is 2. The number of sulfonamides is 1. The number of nitrogens with zero attached hydrogens (tertiary/aromatic N) is 2. The van der Waals surface area contributed by atoms with Gasteiger partial charge >= 0.3 is 12.1 Å². The lowest BCUT2D eigenvalue weighted by Crippen LogP contribution is -2.29. The topological polar surface area (TPSA) is 101 Å². The third-order valence-electron chi connectivity index (χ3n) is 2.67. The number of amides is 1. The van der Waals surface area contributed by atoms with Crippen LogP contribution in [0, 0.1) is 0 Å². The third kappa shape index (κ3) is 4.41. The number of anilines is 2. The number of rotatable bonds is 5. The number of halogens is 3. The maximum atomic E-state index is 12.2. The molecule has 0 aliphatic rings. The number of hydrogen-bond donors (Lipinski definition) is 2. The van der Waals surface area contributed by atoms with E-state index in [4.69, 9.17) is 0 Å². The molecule has 0 fully saturated rings. The van der Waals surface area contributed by atoms with Crippen molar-refractivity contribution in [2.75, 3.05) is 10.0 Å². The van der Waals surface area contributed by atoms with Crippen LogP contribution in [0.4, 0.5) is 24.0 Å². The summed E-state index contributed by atoms with van der Waals surface area (Å²) in [5.74, 6) is -2.14. The van der Waals surface area contributed by atoms with Gasteiger partial charge in [0.1, 0.15) is 5.01 Å². The Morgan fingerprint density at radius 3 is 2.33 bits per heavy atom. The standard InChI is InChI=1S/C12H11F3N4O3S2/c1-2-9-17-18-11(23-9)19-24(21,22)8-5-3-7(4-6-8)16-10(20)12(13,14)15/h3-6H,2H2,1H3,(H,16,20)(H,18,19). The molecule has 0 atom stereocenters. The molecule has 0 bridgehead atoms. The monoisotopic (exact) mass is 380 g/mol. The zero-order valence-electron chi connectivity index (χ0n) is 12.1. The molecule has 0 aliphatic heterocycles. The minimum Gasteiger partial charge on any atom is -0.318 e. The van der Waals surface area contributed by atoms with Gasteiger partial charge in [0, 0.05) is 5.69 Å². The first-order valence-corrected chi connectivity index (χ1v) is 8.75. The summed E-state index contributed by atoms with van der Waals surface area (Å²) in [4.78, 5) is 10.6. The van der Waals surface area contributed by atoms with Gasteiger partial charge < -0.3 is 5.32 Å². The van der Waals surface area contributed by atoms with Crippen molar-refractivity contribution in [3.8, 4) is 0 Å². The Morgan fingerprint density at radius 2 is 1.83 bits per heavy atom. The third-order valence-corrected chi connectivity index (χ3v) is 5.14. The summed E-state index contributed by atoms with van der Waals surface area (Å²) in [6.45, 7) is 1.84. The van der Waals surface area contributed by atoms with Gasteiger partial charge in [0.15, 0.2) is 0 Å². The van der Waals surface area contributed by atoms with Gasteiger partial charge in [-0.05, 0) is 30.7 Å². The molecule has 0 saturated heterocycles. The number of carbonyl (C=O) groups is 1. The van der Waals surface area contributed by atoms with Gasteiger partial charge in [-0.25, -0.2) is 8.42 Å². The molecule has 1 amide bonds. The lowest BCUT2D eigenvalue weighted by atomic mass is 10.3. The molecular formula is C12H11F3N4O3S2. The van der Waals surface area contributed by atoms with Crippen molar-refractivity contribution in [2.24, 2.45) is 0 Å². The Labute approximate surface area is 139 Å². The van der Waals surface area contributed by atoms with Crippen molar-refractivity contribution in [1.82, 2.24) is 10.2 Å². The van der Waals surface area contributed by atoms with Crippen LogP contribution in [0.25, 0.3) is 0 Å². The normalized spacial score (nSPS) is 12.0. The van der Waals surface area contributed by atoms with Crippen molar-refractivity contribution in [3.05, 3.63) is 29.3 Å².